The van der Waals surface area contributed by atoms with Gasteiger partial charge in [-0.3, -0.25) is 4.79 Å². The molecule has 0 fully saturated rings. The summed E-state index contributed by atoms with van der Waals surface area (Å²) in [5, 5.41) is 13.6. The Balaban J connectivity index is 2.60. The van der Waals surface area contributed by atoms with Gasteiger partial charge in [-0.15, -0.1) is 0 Å². The normalized spacial score (nSPS) is 10.8. The molecule has 20 heavy (non-hydrogen) atoms. The maximum Gasteiger partial charge on any atom is 0.229 e. The van der Waals surface area contributed by atoms with Crippen molar-refractivity contribution in [3.8, 4) is 22.9 Å². The van der Waals surface area contributed by atoms with Crippen molar-refractivity contribution in [2.24, 2.45) is 0 Å². The van der Waals surface area contributed by atoms with E-state index < -0.39 is 0 Å². The second-order valence-corrected chi connectivity index (χ2v) is 4.74. The fraction of sp³-hybridized carbons (Fsp3) is 0.357. The Morgan fingerprint density at radius 3 is 2.60 bits per heavy atom. The third-order valence-corrected chi connectivity index (χ3v) is 2.87. The van der Waals surface area contributed by atoms with Gasteiger partial charge in [0.05, 0.1) is 7.11 Å². The van der Waals surface area contributed by atoms with Crippen LogP contribution in [0.2, 0.25) is 0 Å². The summed E-state index contributed by atoms with van der Waals surface area (Å²) in [4.78, 5) is 16.0. The van der Waals surface area contributed by atoms with E-state index in [0.29, 0.717) is 22.8 Å². The number of phenolic OH excluding ortho intramolecular Hbond substituents is 1. The van der Waals surface area contributed by atoms with E-state index in [1.165, 1.54) is 26.2 Å². The van der Waals surface area contributed by atoms with Gasteiger partial charge in [0.2, 0.25) is 11.7 Å². The highest BCUT2D eigenvalue weighted by Gasteiger charge is 2.19. The van der Waals surface area contributed by atoms with E-state index in [4.69, 9.17) is 9.26 Å². The number of aromatic nitrogens is 2. The number of Topliss-reactive ketones (excluding diaryl/α,β-unsaturated/α-hetero) is 1. The highest BCUT2D eigenvalue weighted by atomic mass is 16.5. The number of ether oxygens (including phenoxy) is 1. The first-order valence-electron chi connectivity index (χ1n) is 6.20. The molecule has 0 spiro atoms. The molecule has 6 nitrogen and oxygen atoms in total. The second-order valence-electron chi connectivity index (χ2n) is 4.74. The minimum Gasteiger partial charge on any atom is -0.504 e. The molecule has 2 rings (SSSR count). The van der Waals surface area contributed by atoms with Crippen LogP contribution in [0.4, 0.5) is 0 Å². The van der Waals surface area contributed by atoms with Crippen molar-refractivity contribution in [3.63, 3.8) is 0 Å². The fourth-order valence-corrected chi connectivity index (χ4v) is 1.79. The number of carbonyl (C=O) groups is 1. The number of hydrogen-bond donors (Lipinski definition) is 1. The monoisotopic (exact) mass is 276 g/mol. The third kappa shape index (κ3) is 2.49. The van der Waals surface area contributed by atoms with Gasteiger partial charge >= 0.3 is 0 Å². The number of aromatic hydroxyl groups is 1. The molecule has 0 unspecified atom stereocenters. The Labute approximate surface area is 116 Å². The maximum atomic E-state index is 11.7. The predicted molar refractivity (Wildman–Crippen MR) is 72.0 cm³/mol. The Morgan fingerprint density at radius 2 is 2.10 bits per heavy atom. The summed E-state index contributed by atoms with van der Waals surface area (Å²) in [7, 11) is 1.43. The summed E-state index contributed by atoms with van der Waals surface area (Å²) in [5.74, 6) is 0.832. The lowest BCUT2D eigenvalue weighted by molar-refractivity contribution is 0.101. The van der Waals surface area contributed by atoms with Gasteiger partial charge in [0, 0.05) is 17.0 Å². The van der Waals surface area contributed by atoms with E-state index in [1.807, 2.05) is 13.8 Å². The van der Waals surface area contributed by atoms with Gasteiger partial charge in [-0.2, -0.15) is 4.98 Å². The van der Waals surface area contributed by atoms with Crippen molar-refractivity contribution in [2.75, 3.05) is 7.11 Å². The maximum absolute atomic E-state index is 11.7. The van der Waals surface area contributed by atoms with Gasteiger partial charge in [-0.1, -0.05) is 19.0 Å². The quantitative estimate of drug-likeness (QED) is 0.864. The lowest BCUT2D eigenvalue weighted by Gasteiger charge is -2.08. The highest BCUT2D eigenvalue weighted by Crippen LogP contribution is 2.34. The number of benzene rings is 1. The largest absolute Gasteiger partial charge is 0.504 e. The van der Waals surface area contributed by atoms with Gasteiger partial charge in [0.1, 0.15) is 0 Å². The minimum atomic E-state index is -0.200. The van der Waals surface area contributed by atoms with Crippen LogP contribution in [0.5, 0.6) is 11.5 Å². The van der Waals surface area contributed by atoms with Crippen LogP contribution in [-0.4, -0.2) is 28.1 Å². The van der Waals surface area contributed by atoms with Crippen molar-refractivity contribution in [3.05, 3.63) is 23.6 Å². The van der Waals surface area contributed by atoms with Crippen LogP contribution in [0, 0.1) is 0 Å². The highest BCUT2D eigenvalue weighted by molar-refractivity contribution is 6.01. The van der Waals surface area contributed by atoms with Gasteiger partial charge in [0.15, 0.2) is 17.3 Å². The van der Waals surface area contributed by atoms with Gasteiger partial charge in [-0.05, 0) is 19.1 Å². The summed E-state index contributed by atoms with van der Waals surface area (Å²) in [6.45, 7) is 5.27. The van der Waals surface area contributed by atoms with E-state index in [1.54, 1.807) is 0 Å². The van der Waals surface area contributed by atoms with Crippen LogP contribution in [0.15, 0.2) is 16.7 Å². The summed E-state index contributed by atoms with van der Waals surface area (Å²) in [5.41, 5.74) is 0.794. The van der Waals surface area contributed by atoms with E-state index in [0.717, 1.165) is 0 Å². The fourth-order valence-electron chi connectivity index (χ4n) is 1.79. The van der Waals surface area contributed by atoms with Crippen LogP contribution in [0.1, 0.15) is 42.9 Å². The van der Waals surface area contributed by atoms with Crippen LogP contribution < -0.4 is 4.74 Å². The van der Waals surface area contributed by atoms with E-state index in [2.05, 4.69) is 10.1 Å². The second kappa shape index (κ2) is 5.32. The van der Waals surface area contributed by atoms with Crippen LogP contribution >= 0.6 is 0 Å². The van der Waals surface area contributed by atoms with Crippen molar-refractivity contribution in [1.29, 1.82) is 0 Å². The summed E-state index contributed by atoms with van der Waals surface area (Å²) >= 11 is 0. The Kier molecular flexibility index (Phi) is 3.74. The smallest absolute Gasteiger partial charge is 0.229 e. The topological polar surface area (TPSA) is 85.5 Å². The van der Waals surface area contributed by atoms with Crippen LogP contribution in [0.25, 0.3) is 11.4 Å². The number of phenols is 1. The first-order valence-corrected chi connectivity index (χ1v) is 6.20. The zero-order valence-corrected chi connectivity index (χ0v) is 11.8. The molecule has 0 saturated heterocycles. The summed E-state index contributed by atoms with van der Waals surface area (Å²) in [6, 6.07) is 2.88. The van der Waals surface area contributed by atoms with Gasteiger partial charge < -0.3 is 14.4 Å². The SMILES string of the molecule is COc1cc(-c2noc(C(C)C)n2)c(C(C)=O)cc1O. The third-order valence-electron chi connectivity index (χ3n) is 2.87. The molecule has 0 amide bonds. The number of ketones is 1. The molecule has 0 bridgehead atoms. The molecule has 0 atom stereocenters. The average Bonchev–Trinajstić information content (AvgIpc) is 2.87. The molecule has 1 heterocycles. The lowest BCUT2D eigenvalue weighted by atomic mass is 10.0. The summed E-state index contributed by atoms with van der Waals surface area (Å²) < 4.78 is 10.2. The zero-order chi connectivity index (χ0) is 14.9. The number of rotatable bonds is 4. The molecule has 0 aliphatic rings. The first-order chi connectivity index (χ1) is 9.43. The van der Waals surface area contributed by atoms with Gasteiger partial charge in [-0.25, -0.2) is 0 Å². The lowest BCUT2D eigenvalue weighted by Crippen LogP contribution is -1.99. The number of carbonyl (C=O) groups excluding carboxylic acids is 1. The molecule has 0 saturated carbocycles. The Bertz CT molecular complexity index is 647. The zero-order valence-electron chi connectivity index (χ0n) is 11.8. The molecule has 0 aliphatic carbocycles. The van der Waals surface area contributed by atoms with Crippen molar-refractivity contribution in [1.82, 2.24) is 10.1 Å². The average molecular weight is 276 g/mol. The molecule has 1 N–H and O–H groups in total. The van der Waals surface area contributed by atoms with E-state index in [9.17, 15) is 9.90 Å². The predicted octanol–water partition coefficient (Wildman–Crippen LogP) is 2.78. The Hall–Kier alpha value is -2.37. The molecule has 0 radical (unpaired) electrons. The van der Waals surface area contributed by atoms with Crippen molar-refractivity contribution in [2.45, 2.75) is 26.7 Å². The molecule has 1 aromatic heterocycles. The number of hydrogen-bond acceptors (Lipinski definition) is 6. The van der Waals surface area contributed by atoms with Crippen molar-refractivity contribution < 1.29 is 19.2 Å². The molecule has 6 heteroatoms. The van der Waals surface area contributed by atoms with Crippen LogP contribution in [0.3, 0.4) is 0 Å². The number of methoxy groups -OCH3 is 1. The summed E-state index contributed by atoms with van der Waals surface area (Å²) in [6.07, 6.45) is 0. The molecule has 0 aliphatic heterocycles. The molecular formula is C14H16N2O4. The Morgan fingerprint density at radius 1 is 1.40 bits per heavy atom. The van der Waals surface area contributed by atoms with Crippen LogP contribution in [-0.2, 0) is 0 Å². The van der Waals surface area contributed by atoms with E-state index in [-0.39, 0.29) is 23.2 Å². The molecule has 1 aromatic carbocycles. The minimum absolute atomic E-state index is 0.0936. The molecule has 2 aromatic rings. The molecule has 106 valence electrons. The standard InChI is InChI=1S/C14H16N2O4/c1-7(2)14-15-13(16-20-14)10-6-12(19-4)11(18)5-9(10)8(3)17/h5-7,18H,1-4H3. The van der Waals surface area contributed by atoms with Gasteiger partial charge in [0.25, 0.3) is 0 Å². The van der Waals surface area contributed by atoms with Crippen molar-refractivity contribution >= 4 is 5.78 Å². The first kappa shape index (κ1) is 14.0. The molecular weight excluding hydrogens is 260 g/mol. The van der Waals surface area contributed by atoms with E-state index >= 15 is 0 Å². The number of nitrogens with zero attached hydrogens (tertiary/aromatic N) is 2.